The smallest absolute Gasteiger partial charge is 0.309 e. The van der Waals surface area contributed by atoms with Crippen LogP contribution in [0.3, 0.4) is 0 Å². The molecule has 5 atom stereocenters. The summed E-state index contributed by atoms with van der Waals surface area (Å²) in [6, 6.07) is 0. The Morgan fingerprint density at radius 3 is 2.74 bits per heavy atom. The monoisotopic (exact) mass is 314 g/mol. The van der Waals surface area contributed by atoms with Gasteiger partial charge < -0.3 is 5.11 Å². The number of carboxylic acid groups (broad SMARTS) is 1. The molecule has 4 rings (SSSR count). The fourth-order valence-electron chi connectivity index (χ4n) is 6.65. The van der Waals surface area contributed by atoms with E-state index >= 15 is 0 Å². The Kier molecular flexibility index (Phi) is 2.88. The third-order valence-electron chi connectivity index (χ3n) is 7.83. The number of aliphatic carboxylic acids is 1. The zero-order valence-electron chi connectivity index (χ0n) is 14.2. The second kappa shape index (κ2) is 4.37. The first-order valence-electron chi connectivity index (χ1n) is 8.94. The van der Waals surface area contributed by atoms with Crippen molar-refractivity contribution in [2.24, 2.45) is 28.1 Å². The summed E-state index contributed by atoms with van der Waals surface area (Å²) in [5.41, 5.74) is 0.936. The van der Waals surface area contributed by atoms with Gasteiger partial charge in [0.25, 0.3) is 0 Å². The van der Waals surface area contributed by atoms with Crippen molar-refractivity contribution in [2.45, 2.75) is 58.8 Å². The maximum Gasteiger partial charge on any atom is 0.309 e. The minimum absolute atomic E-state index is 0.136. The highest BCUT2D eigenvalue weighted by Gasteiger charge is 2.65. The number of rotatable bonds is 1. The number of carbonyl (C=O) groups excluding carboxylic acids is 1. The topological polar surface area (TPSA) is 54.4 Å². The molecule has 4 aliphatic rings. The van der Waals surface area contributed by atoms with Crippen LogP contribution >= 0.6 is 0 Å². The van der Waals surface area contributed by atoms with Crippen LogP contribution in [0.5, 0.6) is 0 Å². The Morgan fingerprint density at radius 1 is 1.30 bits per heavy atom. The standard InChI is InChI=1S/C20H26O3/c1-12-13-5-6-15-18(2)8-4-9-19(3,17(22)23)14(18)7-10-20(15,11-13)16(12)21/h6,13-14H,1,4-5,7-11H2,2-3H3,(H,22,23)/t13-,14+,18-,19-,20-/m1/s1. The Bertz CT molecular complexity index is 660. The number of hydrogen-bond donors (Lipinski definition) is 1. The molecule has 3 nitrogen and oxygen atoms in total. The van der Waals surface area contributed by atoms with Crippen molar-refractivity contribution >= 4 is 11.8 Å². The molecule has 124 valence electrons. The van der Waals surface area contributed by atoms with Crippen LogP contribution in [0.2, 0.25) is 0 Å². The number of ketones is 1. The largest absolute Gasteiger partial charge is 0.481 e. The van der Waals surface area contributed by atoms with Gasteiger partial charge in [0.15, 0.2) is 5.78 Å². The highest BCUT2D eigenvalue weighted by atomic mass is 16.4. The van der Waals surface area contributed by atoms with Gasteiger partial charge in [0.2, 0.25) is 0 Å². The summed E-state index contributed by atoms with van der Waals surface area (Å²) in [6.45, 7) is 8.23. The number of carboxylic acids is 1. The van der Waals surface area contributed by atoms with Crippen LogP contribution in [0.4, 0.5) is 0 Å². The molecule has 0 amide bonds. The molecular formula is C20H26O3. The van der Waals surface area contributed by atoms with Gasteiger partial charge in [0.05, 0.1) is 10.8 Å². The molecule has 2 bridgehead atoms. The lowest BCUT2D eigenvalue weighted by Crippen LogP contribution is -2.55. The van der Waals surface area contributed by atoms with Crippen LogP contribution in [-0.4, -0.2) is 16.9 Å². The van der Waals surface area contributed by atoms with Gasteiger partial charge in [0.1, 0.15) is 0 Å². The van der Waals surface area contributed by atoms with Crippen LogP contribution in [-0.2, 0) is 9.59 Å². The molecular weight excluding hydrogens is 288 g/mol. The summed E-state index contributed by atoms with van der Waals surface area (Å²) in [6.07, 6.45) is 8.49. The van der Waals surface area contributed by atoms with Gasteiger partial charge in [-0.05, 0) is 68.3 Å². The van der Waals surface area contributed by atoms with E-state index in [1.165, 1.54) is 5.57 Å². The molecule has 4 aliphatic carbocycles. The molecule has 0 heterocycles. The summed E-state index contributed by atoms with van der Waals surface area (Å²) in [5.74, 6) is 0.0477. The van der Waals surface area contributed by atoms with Gasteiger partial charge >= 0.3 is 5.97 Å². The van der Waals surface area contributed by atoms with Crippen molar-refractivity contribution in [1.29, 1.82) is 0 Å². The molecule has 23 heavy (non-hydrogen) atoms. The quantitative estimate of drug-likeness (QED) is 0.584. The third-order valence-corrected chi connectivity index (χ3v) is 7.83. The first-order chi connectivity index (χ1) is 10.8. The average Bonchev–Trinajstić information content (AvgIpc) is 2.68. The zero-order chi connectivity index (χ0) is 16.6. The predicted molar refractivity (Wildman–Crippen MR) is 87.8 cm³/mol. The van der Waals surface area contributed by atoms with Crippen LogP contribution < -0.4 is 0 Å². The van der Waals surface area contributed by atoms with E-state index in [0.29, 0.717) is 5.92 Å². The van der Waals surface area contributed by atoms with Crippen molar-refractivity contribution < 1.29 is 14.7 Å². The second-order valence-electron chi connectivity index (χ2n) is 8.78. The van der Waals surface area contributed by atoms with E-state index in [1.807, 2.05) is 6.92 Å². The van der Waals surface area contributed by atoms with Crippen molar-refractivity contribution in [3.63, 3.8) is 0 Å². The summed E-state index contributed by atoms with van der Waals surface area (Å²) in [7, 11) is 0. The fraction of sp³-hybridized carbons (Fsp3) is 0.700. The molecule has 3 heteroatoms. The number of allylic oxidation sites excluding steroid dienone is 3. The van der Waals surface area contributed by atoms with Gasteiger partial charge in [-0.25, -0.2) is 0 Å². The van der Waals surface area contributed by atoms with E-state index in [-0.39, 0.29) is 22.5 Å². The van der Waals surface area contributed by atoms with Crippen molar-refractivity contribution in [2.75, 3.05) is 0 Å². The van der Waals surface area contributed by atoms with Gasteiger partial charge in [-0.1, -0.05) is 31.6 Å². The molecule has 0 unspecified atom stereocenters. The van der Waals surface area contributed by atoms with Crippen molar-refractivity contribution in [3.8, 4) is 0 Å². The fourth-order valence-corrected chi connectivity index (χ4v) is 6.65. The lowest BCUT2D eigenvalue weighted by atomic mass is 9.44. The average molecular weight is 314 g/mol. The maximum absolute atomic E-state index is 13.0. The summed E-state index contributed by atoms with van der Waals surface area (Å²) in [5, 5.41) is 9.87. The van der Waals surface area contributed by atoms with E-state index in [0.717, 1.165) is 50.5 Å². The molecule has 1 spiro atoms. The van der Waals surface area contributed by atoms with E-state index in [9.17, 15) is 14.7 Å². The normalized spacial score (nSPS) is 48.5. The lowest BCUT2D eigenvalue weighted by molar-refractivity contribution is -0.161. The Morgan fingerprint density at radius 2 is 2.04 bits per heavy atom. The maximum atomic E-state index is 13.0. The Labute approximate surface area is 137 Å². The molecule has 0 aromatic heterocycles. The number of fused-ring (bicyclic) bond motifs is 3. The molecule has 0 aromatic carbocycles. The second-order valence-corrected chi connectivity index (χ2v) is 8.78. The molecule has 3 fully saturated rings. The molecule has 3 saturated carbocycles. The SMILES string of the molecule is C=C1C(=O)[C@@]23CC[C@@H]4[C@](C)(C(=O)O)CCC[C@@]4(C)C2=CC[C@@H]1C3. The summed E-state index contributed by atoms with van der Waals surface area (Å²) >= 11 is 0. The number of carbonyl (C=O) groups is 2. The van der Waals surface area contributed by atoms with Gasteiger partial charge in [0, 0.05) is 0 Å². The summed E-state index contributed by atoms with van der Waals surface area (Å²) < 4.78 is 0. The third kappa shape index (κ3) is 1.61. The first kappa shape index (κ1) is 15.2. The molecule has 1 N–H and O–H groups in total. The minimum Gasteiger partial charge on any atom is -0.481 e. The van der Waals surface area contributed by atoms with Crippen molar-refractivity contribution in [1.82, 2.24) is 0 Å². The van der Waals surface area contributed by atoms with Crippen molar-refractivity contribution in [3.05, 3.63) is 23.8 Å². The van der Waals surface area contributed by atoms with E-state index < -0.39 is 11.4 Å². The highest BCUT2D eigenvalue weighted by Crippen LogP contribution is 2.69. The van der Waals surface area contributed by atoms with Gasteiger partial charge in [-0.15, -0.1) is 0 Å². The molecule has 0 radical (unpaired) electrons. The lowest BCUT2D eigenvalue weighted by Gasteiger charge is -2.59. The first-order valence-corrected chi connectivity index (χ1v) is 8.94. The van der Waals surface area contributed by atoms with Crippen LogP contribution in [0.25, 0.3) is 0 Å². The molecule has 0 saturated heterocycles. The van der Waals surface area contributed by atoms with Crippen LogP contribution in [0, 0.1) is 28.1 Å². The Balaban J connectivity index is 1.84. The van der Waals surface area contributed by atoms with Gasteiger partial charge in [-0.3, -0.25) is 9.59 Å². The highest BCUT2D eigenvalue weighted by molar-refractivity contribution is 6.05. The zero-order valence-corrected chi connectivity index (χ0v) is 14.2. The Hall–Kier alpha value is -1.38. The van der Waals surface area contributed by atoms with E-state index in [4.69, 9.17) is 0 Å². The van der Waals surface area contributed by atoms with E-state index in [2.05, 4.69) is 19.6 Å². The number of hydrogen-bond acceptors (Lipinski definition) is 2. The number of Topliss-reactive ketones (excluding diaryl/α,β-unsaturated/α-hetero) is 1. The van der Waals surface area contributed by atoms with Crippen LogP contribution in [0.1, 0.15) is 58.8 Å². The van der Waals surface area contributed by atoms with Crippen LogP contribution in [0.15, 0.2) is 23.8 Å². The molecule has 0 aromatic rings. The van der Waals surface area contributed by atoms with E-state index in [1.54, 1.807) is 0 Å². The predicted octanol–water partition coefficient (Wildman–Crippen LogP) is 4.14. The van der Waals surface area contributed by atoms with Gasteiger partial charge in [-0.2, -0.15) is 0 Å². The molecule has 0 aliphatic heterocycles. The minimum atomic E-state index is -0.666. The summed E-state index contributed by atoms with van der Waals surface area (Å²) in [4.78, 5) is 25.0.